The largest absolute Gasteiger partial charge is 0.380 e. The van der Waals surface area contributed by atoms with Crippen LogP contribution in [0.25, 0.3) is 0 Å². The average Bonchev–Trinajstić information content (AvgIpc) is 1.99. The van der Waals surface area contributed by atoms with Gasteiger partial charge in [0.05, 0.1) is 18.2 Å². The maximum Gasteiger partial charge on any atom is 0.140 e. The van der Waals surface area contributed by atoms with Crippen LogP contribution >= 0.6 is 11.6 Å². The summed E-state index contributed by atoms with van der Waals surface area (Å²) in [4.78, 5) is 0. The van der Waals surface area contributed by atoms with Gasteiger partial charge in [0.25, 0.3) is 0 Å². The normalized spacial score (nSPS) is 19.1. The molecule has 1 heterocycles. The van der Waals surface area contributed by atoms with Crippen molar-refractivity contribution in [2.24, 2.45) is 0 Å². The van der Waals surface area contributed by atoms with Crippen molar-refractivity contribution in [3.8, 4) is 0 Å². The van der Waals surface area contributed by atoms with Crippen LogP contribution in [0.15, 0.2) is 12.1 Å². The second-order valence-corrected chi connectivity index (χ2v) is 3.68. The molecule has 2 nitrogen and oxygen atoms in total. The second kappa shape index (κ2) is 3.15. The Bertz CT molecular complexity index is 354. The van der Waals surface area contributed by atoms with Gasteiger partial charge in [-0.2, -0.15) is 0 Å². The zero-order valence-corrected chi connectivity index (χ0v) is 7.81. The van der Waals surface area contributed by atoms with Gasteiger partial charge in [-0.15, -0.1) is 0 Å². The van der Waals surface area contributed by atoms with E-state index in [1.165, 1.54) is 0 Å². The van der Waals surface area contributed by atoms with Crippen LogP contribution in [-0.2, 0) is 10.3 Å². The molecule has 1 aromatic carbocycles. The third-order valence-electron chi connectivity index (χ3n) is 2.15. The van der Waals surface area contributed by atoms with Gasteiger partial charge in [0.15, 0.2) is 0 Å². The van der Waals surface area contributed by atoms with Gasteiger partial charge in [0, 0.05) is 11.6 Å². The third kappa shape index (κ3) is 1.39. The number of rotatable bonds is 1. The van der Waals surface area contributed by atoms with Crippen molar-refractivity contribution in [3.63, 3.8) is 0 Å². The number of aliphatic hydroxyl groups is 1. The van der Waals surface area contributed by atoms with Gasteiger partial charge in [0.2, 0.25) is 0 Å². The maximum absolute atomic E-state index is 13.3. The Labute approximate surface area is 84.1 Å². The van der Waals surface area contributed by atoms with Gasteiger partial charge < -0.3 is 9.84 Å². The van der Waals surface area contributed by atoms with Gasteiger partial charge in [-0.25, -0.2) is 8.78 Å². The van der Waals surface area contributed by atoms with Gasteiger partial charge in [-0.1, -0.05) is 11.6 Å². The van der Waals surface area contributed by atoms with E-state index in [-0.39, 0.29) is 23.8 Å². The Balaban J connectivity index is 2.52. The first kappa shape index (κ1) is 9.83. The van der Waals surface area contributed by atoms with Crippen LogP contribution in [0.2, 0.25) is 5.02 Å². The first-order chi connectivity index (χ1) is 6.53. The molecule has 0 saturated carbocycles. The van der Waals surface area contributed by atoms with Crippen molar-refractivity contribution in [3.05, 3.63) is 34.4 Å². The summed E-state index contributed by atoms with van der Waals surface area (Å²) in [5, 5.41) is 9.64. The summed E-state index contributed by atoms with van der Waals surface area (Å²) in [6.45, 7) is -0.0372. The maximum atomic E-state index is 13.3. The molecule has 0 aliphatic carbocycles. The van der Waals surface area contributed by atoms with Gasteiger partial charge in [-0.3, -0.25) is 0 Å². The lowest BCUT2D eigenvalue weighted by molar-refractivity contribution is -0.186. The highest BCUT2D eigenvalue weighted by Crippen LogP contribution is 2.36. The fourth-order valence-electron chi connectivity index (χ4n) is 1.43. The highest BCUT2D eigenvalue weighted by molar-refractivity contribution is 6.31. The third-order valence-corrected chi connectivity index (χ3v) is 2.45. The first-order valence-corrected chi connectivity index (χ1v) is 4.36. The molecule has 0 aromatic heterocycles. The SMILES string of the molecule is OC1(c2c(F)cc(F)cc2Cl)COC1. The van der Waals surface area contributed by atoms with Crippen LogP contribution in [0, 0.1) is 11.6 Å². The summed E-state index contributed by atoms with van der Waals surface area (Å²) in [5.41, 5.74) is -1.50. The minimum atomic E-state index is -1.41. The molecule has 1 aliphatic rings. The number of halogens is 3. The van der Waals surface area contributed by atoms with Crippen molar-refractivity contribution in [2.45, 2.75) is 5.60 Å². The summed E-state index contributed by atoms with van der Waals surface area (Å²) in [7, 11) is 0. The van der Waals surface area contributed by atoms with Crippen molar-refractivity contribution in [1.82, 2.24) is 0 Å². The van der Waals surface area contributed by atoms with E-state index in [9.17, 15) is 13.9 Å². The summed E-state index contributed by atoms with van der Waals surface area (Å²) in [6.07, 6.45) is 0. The fraction of sp³-hybridized carbons (Fsp3) is 0.333. The van der Waals surface area contributed by atoms with Crippen molar-refractivity contribution in [1.29, 1.82) is 0 Å². The predicted molar refractivity (Wildman–Crippen MR) is 46.1 cm³/mol. The molecule has 0 unspecified atom stereocenters. The fourth-order valence-corrected chi connectivity index (χ4v) is 1.80. The number of hydrogen-bond donors (Lipinski definition) is 1. The van der Waals surface area contributed by atoms with Crippen molar-refractivity contribution >= 4 is 11.6 Å². The van der Waals surface area contributed by atoms with E-state index in [1.807, 2.05) is 0 Å². The van der Waals surface area contributed by atoms with E-state index in [0.29, 0.717) is 6.07 Å². The van der Waals surface area contributed by atoms with Crippen LogP contribution in [0.3, 0.4) is 0 Å². The van der Waals surface area contributed by atoms with Gasteiger partial charge in [-0.05, 0) is 6.07 Å². The van der Waals surface area contributed by atoms with Crippen LogP contribution in [0.1, 0.15) is 5.56 Å². The molecular weight excluding hydrogens is 214 g/mol. The number of hydrogen-bond acceptors (Lipinski definition) is 2. The molecule has 0 amide bonds. The summed E-state index contributed by atoms with van der Waals surface area (Å²) in [6, 6.07) is 1.66. The molecule has 5 heteroatoms. The lowest BCUT2D eigenvalue weighted by atomic mass is 9.91. The Morgan fingerprint density at radius 1 is 1.36 bits per heavy atom. The minimum absolute atomic E-state index is 0.0186. The predicted octanol–water partition coefficient (Wildman–Crippen LogP) is 1.84. The topological polar surface area (TPSA) is 29.5 Å². The monoisotopic (exact) mass is 220 g/mol. The van der Waals surface area contributed by atoms with Crippen LogP contribution in [-0.4, -0.2) is 18.3 Å². The lowest BCUT2D eigenvalue weighted by Gasteiger charge is -2.37. The Morgan fingerprint density at radius 3 is 2.43 bits per heavy atom. The van der Waals surface area contributed by atoms with E-state index >= 15 is 0 Å². The standard InChI is InChI=1S/C9H7ClF2O2/c10-6-1-5(11)2-7(12)8(6)9(13)3-14-4-9/h1-2,13H,3-4H2. The van der Waals surface area contributed by atoms with Gasteiger partial charge >= 0.3 is 0 Å². The molecule has 2 rings (SSSR count). The van der Waals surface area contributed by atoms with Gasteiger partial charge in [0.1, 0.15) is 17.2 Å². The minimum Gasteiger partial charge on any atom is -0.380 e. The highest BCUT2D eigenvalue weighted by atomic mass is 35.5. The quantitative estimate of drug-likeness (QED) is 0.783. The zero-order chi connectivity index (χ0) is 10.3. The zero-order valence-electron chi connectivity index (χ0n) is 7.06. The molecule has 0 spiro atoms. The molecule has 0 bridgehead atoms. The van der Waals surface area contributed by atoms with Crippen molar-refractivity contribution in [2.75, 3.05) is 13.2 Å². The molecule has 14 heavy (non-hydrogen) atoms. The summed E-state index contributed by atoms with van der Waals surface area (Å²) in [5.74, 6) is -1.61. The molecule has 1 fully saturated rings. The molecule has 0 radical (unpaired) electrons. The Kier molecular flexibility index (Phi) is 2.21. The van der Waals surface area contributed by atoms with E-state index in [4.69, 9.17) is 16.3 Å². The van der Waals surface area contributed by atoms with Crippen LogP contribution in [0.4, 0.5) is 8.78 Å². The Hall–Kier alpha value is -0.710. The second-order valence-electron chi connectivity index (χ2n) is 3.27. The molecule has 0 atom stereocenters. The van der Waals surface area contributed by atoms with Crippen LogP contribution < -0.4 is 0 Å². The Morgan fingerprint density at radius 2 is 2.00 bits per heavy atom. The highest BCUT2D eigenvalue weighted by Gasteiger charge is 2.42. The van der Waals surface area contributed by atoms with E-state index < -0.39 is 17.2 Å². The number of ether oxygens (including phenoxy) is 1. The van der Waals surface area contributed by atoms with Crippen molar-refractivity contribution < 1.29 is 18.6 Å². The van der Waals surface area contributed by atoms with E-state index in [0.717, 1.165) is 6.07 Å². The molecule has 1 saturated heterocycles. The van der Waals surface area contributed by atoms with Crippen LogP contribution in [0.5, 0.6) is 0 Å². The summed E-state index contributed by atoms with van der Waals surface area (Å²) >= 11 is 5.64. The molecule has 1 aliphatic heterocycles. The molecule has 76 valence electrons. The van der Waals surface area contributed by atoms with E-state index in [2.05, 4.69) is 0 Å². The van der Waals surface area contributed by atoms with E-state index in [1.54, 1.807) is 0 Å². The smallest absolute Gasteiger partial charge is 0.140 e. The number of benzene rings is 1. The average molecular weight is 221 g/mol. The lowest BCUT2D eigenvalue weighted by Crippen LogP contribution is -2.47. The molecular formula is C9H7ClF2O2. The first-order valence-electron chi connectivity index (χ1n) is 3.98. The molecule has 1 N–H and O–H groups in total. The summed E-state index contributed by atoms with van der Waals surface area (Å²) < 4.78 is 30.7. The molecule has 1 aromatic rings.